The monoisotopic (exact) mass is 238 g/mol. The predicted molar refractivity (Wildman–Crippen MR) is 66.7 cm³/mol. The van der Waals surface area contributed by atoms with Crippen LogP contribution in [0.3, 0.4) is 0 Å². The van der Waals surface area contributed by atoms with Crippen molar-refractivity contribution in [1.29, 1.82) is 0 Å². The maximum atomic E-state index is 11.9. The minimum Gasteiger partial charge on any atom is -0.375 e. The molecule has 2 N–H and O–H groups in total. The first-order chi connectivity index (χ1) is 8.16. The Hall–Kier alpha value is -0.870. The highest BCUT2D eigenvalue weighted by Gasteiger charge is 2.42. The summed E-state index contributed by atoms with van der Waals surface area (Å²) in [5.41, 5.74) is 1.01. The van der Waals surface area contributed by atoms with Crippen LogP contribution in [0.2, 0.25) is 0 Å². The summed E-state index contributed by atoms with van der Waals surface area (Å²) in [4.78, 5) is 11.9. The number of fused-ring (bicyclic) bond motifs is 2. The van der Waals surface area contributed by atoms with Crippen molar-refractivity contribution in [2.24, 2.45) is 5.92 Å². The smallest absolute Gasteiger partial charge is 0.224 e. The zero-order valence-electron chi connectivity index (χ0n) is 10.5. The van der Waals surface area contributed by atoms with E-state index in [0.29, 0.717) is 31.8 Å². The topological polar surface area (TPSA) is 50.4 Å². The van der Waals surface area contributed by atoms with E-state index in [1.165, 1.54) is 6.42 Å². The molecule has 2 rings (SSSR count). The first-order valence-electron chi connectivity index (χ1n) is 6.42. The molecule has 2 aliphatic rings. The molecule has 0 spiro atoms. The molecular weight excluding hydrogens is 216 g/mol. The summed E-state index contributed by atoms with van der Waals surface area (Å²) in [7, 11) is 0. The summed E-state index contributed by atoms with van der Waals surface area (Å²) in [6.07, 6.45) is 3.38. The Morgan fingerprint density at radius 2 is 2.35 bits per heavy atom. The Bertz CT molecular complexity index is 304. The number of hydrogen-bond donors (Lipinski definition) is 2. The van der Waals surface area contributed by atoms with E-state index in [9.17, 15) is 4.79 Å². The van der Waals surface area contributed by atoms with Crippen LogP contribution in [-0.4, -0.2) is 37.7 Å². The fourth-order valence-electron chi connectivity index (χ4n) is 2.74. The van der Waals surface area contributed by atoms with Gasteiger partial charge >= 0.3 is 0 Å². The van der Waals surface area contributed by atoms with Gasteiger partial charge in [-0.1, -0.05) is 12.2 Å². The van der Waals surface area contributed by atoms with Gasteiger partial charge in [0.25, 0.3) is 0 Å². The summed E-state index contributed by atoms with van der Waals surface area (Å²) >= 11 is 0. The zero-order valence-corrected chi connectivity index (χ0v) is 10.5. The van der Waals surface area contributed by atoms with Crippen molar-refractivity contribution < 1.29 is 9.53 Å². The van der Waals surface area contributed by atoms with Gasteiger partial charge in [0.15, 0.2) is 0 Å². The largest absolute Gasteiger partial charge is 0.375 e. The van der Waals surface area contributed by atoms with Gasteiger partial charge in [-0.15, -0.1) is 0 Å². The molecule has 2 heterocycles. The highest BCUT2D eigenvalue weighted by atomic mass is 16.5. The second-order valence-corrected chi connectivity index (χ2v) is 5.19. The van der Waals surface area contributed by atoms with Crippen molar-refractivity contribution in [2.45, 2.75) is 38.3 Å². The number of nitrogens with one attached hydrogen (secondary N) is 2. The molecule has 3 unspecified atom stereocenters. The fraction of sp³-hybridized carbons (Fsp3) is 0.769. The number of carbonyl (C=O) groups is 1. The summed E-state index contributed by atoms with van der Waals surface area (Å²) in [5, 5.41) is 6.42. The molecule has 3 atom stereocenters. The maximum Gasteiger partial charge on any atom is 0.224 e. The molecule has 2 fully saturated rings. The van der Waals surface area contributed by atoms with E-state index in [-0.39, 0.29) is 11.8 Å². The van der Waals surface area contributed by atoms with E-state index in [0.717, 1.165) is 18.4 Å². The molecule has 2 saturated heterocycles. The molecule has 0 aromatic rings. The lowest BCUT2D eigenvalue weighted by Gasteiger charge is -2.19. The highest BCUT2D eigenvalue weighted by Crippen LogP contribution is 2.33. The first kappa shape index (κ1) is 12.6. The molecule has 2 aliphatic heterocycles. The quantitative estimate of drug-likeness (QED) is 0.532. The first-order valence-corrected chi connectivity index (χ1v) is 6.42. The van der Waals surface area contributed by atoms with Crippen LogP contribution in [0, 0.1) is 5.92 Å². The van der Waals surface area contributed by atoms with E-state index in [1.807, 2.05) is 6.92 Å². The summed E-state index contributed by atoms with van der Waals surface area (Å²) < 4.78 is 5.34. The average molecular weight is 238 g/mol. The molecule has 0 aromatic heterocycles. The van der Waals surface area contributed by atoms with Gasteiger partial charge in [0, 0.05) is 18.6 Å². The third-order valence-corrected chi connectivity index (χ3v) is 3.53. The van der Waals surface area contributed by atoms with Crippen molar-refractivity contribution in [3.63, 3.8) is 0 Å². The van der Waals surface area contributed by atoms with Crippen molar-refractivity contribution in [2.75, 3.05) is 19.8 Å². The average Bonchev–Trinajstić information content (AvgIpc) is 2.89. The van der Waals surface area contributed by atoms with Gasteiger partial charge in [0.05, 0.1) is 19.1 Å². The lowest BCUT2D eigenvalue weighted by atomic mass is 9.88. The van der Waals surface area contributed by atoms with E-state index >= 15 is 0 Å². The summed E-state index contributed by atoms with van der Waals surface area (Å²) in [6.45, 7) is 7.42. The number of carbonyl (C=O) groups excluding carboxylic acids is 1. The van der Waals surface area contributed by atoms with Crippen LogP contribution in [0.1, 0.15) is 26.2 Å². The minimum absolute atomic E-state index is 0.176. The van der Waals surface area contributed by atoms with Crippen molar-refractivity contribution in [3.05, 3.63) is 12.2 Å². The molecule has 4 heteroatoms. The highest BCUT2D eigenvalue weighted by molar-refractivity contribution is 5.80. The summed E-state index contributed by atoms with van der Waals surface area (Å²) in [6, 6.07) is 0.992. The molecule has 1 amide bonds. The van der Waals surface area contributed by atoms with Gasteiger partial charge < -0.3 is 15.4 Å². The van der Waals surface area contributed by atoms with Crippen LogP contribution in [0.25, 0.3) is 0 Å². The zero-order chi connectivity index (χ0) is 12.3. The van der Waals surface area contributed by atoms with Crippen LogP contribution in [-0.2, 0) is 9.53 Å². The predicted octanol–water partition coefficient (Wildman–Crippen LogP) is 0.836. The van der Waals surface area contributed by atoms with Crippen molar-refractivity contribution in [3.8, 4) is 0 Å². The maximum absolute atomic E-state index is 11.9. The second-order valence-electron chi connectivity index (χ2n) is 5.19. The third kappa shape index (κ3) is 3.30. The van der Waals surface area contributed by atoms with E-state index in [4.69, 9.17) is 4.74 Å². The number of rotatable bonds is 6. The van der Waals surface area contributed by atoms with Gasteiger partial charge in [-0.05, 0) is 26.2 Å². The Morgan fingerprint density at radius 1 is 1.53 bits per heavy atom. The summed E-state index contributed by atoms with van der Waals surface area (Å²) in [5.74, 6) is 0.360. The Kier molecular flexibility index (Phi) is 4.18. The second kappa shape index (κ2) is 5.65. The Balaban J connectivity index is 1.60. The van der Waals surface area contributed by atoms with Gasteiger partial charge in [0.1, 0.15) is 0 Å². The molecule has 0 radical (unpaired) electrons. The number of amides is 1. The normalized spacial score (nSPS) is 30.5. The molecule has 17 heavy (non-hydrogen) atoms. The molecule has 4 nitrogen and oxygen atoms in total. The van der Waals surface area contributed by atoms with Gasteiger partial charge in [0.2, 0.25) is 5.91 Å². The van der Waals surface area contributed by atoms with Gasteiger partial charge in [-0.2, -0.15) is 0 Å². The number of ether oxygens (including phenoxy) is 1. The fourth-order valence-corrected chi connectivity index (χ4v) is 2.74. The van der Waals surface area contributed by atoms with E-state index < -0.39 is 0 Å². The Labute approximate surface area is 103 Å². The molecule has 96 valence electrons. The third-order valence-electron chi connectivity index (χ3n) is 3.53. The van der Waals surface area contributed by atoms with Crippen LogP contribution < -0.4 is 10.6 Å². The standard InChI is InChI=1S/C13H22N2O2/c1-9(2)8-17-6-5-14-13(16)11-7-10-3-4-12(11)15-10/h10-12,15H,1,3-8H2,2H3,(H,14,16). The van der Waals surface area contributed by atoms with Crippen LogP contribution >= 0.6 is 0 Å². The lowest BCUT2D eigenvalue weighted by molar-refractivity contribution is -0.125. The SMILES string of the molecule is C=C(C)COCCNC(=O)C1CC2CCC1N2. The molecule has 2 bridgehead atoms. The van der Waals surface area contributed by atoms with Crippen LogP contribution in [0.15, 0.2) is 12.2 Å². The van der Waals surface area contributed by atoms with Gasteiger partial charge in [-0.3, -0.25) is 4.79 Å². The van der Waals surface area contributed by atoms with Crippen molar-refractivity contribution >= 4 is 5.91 Å². The van der Waals surface area contributed by atoms with Gasteiger partial charge in [-0.25, -0.2) is 0 Å². The van der Waals surface area contributed by atoms with Crippen LogP contribution in [0.4, 0.5) is 0 Å². The van der Waals surface area contributed by atoms with Crippen molar-refractivity contribution in [1.82, 2.24) is 10.6 Å². The number of hydrogen-bond acceptors (Lipinski definition) is 3. The van der Waals surface area contributed by atoms with E-state index in [2.05, 4.69) is 17.2 Å². The van der Waals surface area contributed by atoms with Crippen LogP contribution in [0.5, 0.6) is 0 Å². The molecular formula is C13H22N2O2. The molecule has 0 saturated carbocycles. The Morgan fingerprint density at radius 3 is 2.94 bits per heavy atom. The van der Waals surface area contributed by atoms with E-state index in [1.54, 1.807) is 0 Å². The minimum atomic E-state index is 0.176. The lowest BCUT2D eigenvalue weighted by Crippen LogP contribution is -2.38. The molecule has 0 aromatic carbocycles. The molecule has 0 aliphatic carbocycles.